The average Bonchev–Trinajstić information content (AvgIpc) is 3.81. The van der Waals surface area contributed by atoms with E-state index in [9.17, 15) is 53.1 Å². The Balaban J connectivity index is 1.33. The van der Waals surface area contributed by atoms with Gasteiger partial charge in [0, 0.05) is 68.8 Å². The molecule has 1 heterocycles. The number of aliphatic carboxylic acids is 1. The lowest BCUT2D eigenvalue weighted by molar-refractivity contribution is -0.161. The zero-order valence-electron chi connectivity index (χ0n) is 54.4. The summed E-state index contributed by atoms with van der Waals surface area (Å²) in [4.78, 5) is 167. The lowest BCUT2D eigenvalue weighted by Crippen LogP contribution is -2.65. The lowest BCUT2D eigenvalue weighted by Gasteiger charge is -2.45. The van der Waals surface area contributed by atoms with Gasteiger partial charge in [0.2, 0.25) is 53.2 Å². The van der Waals surface area contributed by atoms with Crippen molar-refractivity contribution < 1.29 is 62.6 Å². The number of likely N-dealkylation sites (N-methyl/N-ethyl adjacent to an activating group) is 7. The fourth-order valence-corrected chi connectivity index (χ4v) is 12.4. The van der Waals surface area contributed by atoms with Crippen LogP contribution in [0.4, 0.5) is 4.79 Å². The van der Waals surface area contributed by atoms with E-state index >= 15 is 4.79 Å². The minimum atomic E-state index is -1.37. The SMILES string of the molecule is CC[C@H](C)[C@H](NC(=O)[C@H](CC(C)C)N(C)C(=O)C[C@@H](C(=O)N(C)C)N(C)C(=O)[C@H](C1CCCC1)N(C)C(=O)C1(NC(=O)OCc2ccccc2)CCCC1)C(=O)N(C)[C@@H](C)C(=O)N1CC[C@H]1C(=O)N(CC)[C@@H](Cc1ccc(C)cc1)C(=O)N(C)CC(=O)O. The van der Waals surface area contributed by atoms with Gasteiger partial charge in [-0.15, -0.1) is 0 Å². The van der Waals surface area contributed by atoms with E-state index in [0.717, 1.165) is 34.4 Å². The second-order valence-electron chi connectivity index (χ2n) is 25.2. The monoisotopic (exact) mass is 1230 g/mol. The minimum Gasteiger partial charge on any atom is -0.480 e. The van der Waals surface area contributed by atoms with E-state index in [0.29, 0.717) is 44.9 Å². The van der Waals surface area contributed by atoms with Gasteiger partial charge in [-0.1, -0.05) is 120 Å². The van der Waals surface area contributed by atoms with Crippen molar-refractivity contribution in [3.05, 3.63) is 71.3 Å². The van der Waals surface area contributed by atoms with Crippen LogP contribution in [0.2, 0.25) is 0 Å². The summed E-state index contributed by atoms with van der Waals surface area (Å²) in [6, 6.07) is 8.62. The molecule has 0 bridgehead atoms. The topological polar surface area (TPSA) is 267 Å². The number of alkyl carbamates (subject to hydrolysis) is 1. The maximum Gasteiger partial charge on any atom is 0.408 e. The van der Waals surface area contributed by atoms with Crippen molar-refractivity contribution in [1.82, 2.24) is 49.8 Å². The molecular weight excluding hydrogens is 1130 g/mol. The number of aryl methyl sites for hydroxylation is 1. The highest BCUT2D eigenvalue weighted by Gasteiger charge is 2.50. The first kappa shape index (κ1) is 71.2. The maximum absolute atomic E-state index is 15.2. The van der Waals surface area contributed by atoms with E-state index in [1.165, 1.54) is 83.5 Å². The number of carbonyl (C=O) groups is 11. The molecule has 1 saturated heterocycles. The summed E-state index contributed by atoms with van der Waals surface area (Å²) in [5, 5.41) is 15.3. The number of likely N-dealkylation sites (tertiary alicyclic amines) is 1. The molecule has 10 amide bonds. The number of carboxylic acid groups (broad SMARTS) is 1. The van der Waals surface area contributed by atoms with Crippen LogP contribution in [-0.2, 0) is 65.7 Å². The molecule has 0 unspecified atom stereocenters. The largest absolute Gasteiger partial charge is 0.480 e. The third-order valence-corrected chi connectivity index (χ3v) is 18.3. The van der Waals surface area contributed by atoms with Gasteiger partial charge >= 0.3 is 12.1 Å². The fourth-order valence-electron chi connectivity index (χ4n) is 12.4. The molecule has 88 heavy (non-hydrogen) atoms. The molecule has 1 aliphatic heterocycles. The van der Waals surface area contributed by atoms with Crippen LogP contribution in [-0.4, -0.2) is 226 Å². The van der Waals surface area contributed by atoms with Gasteiger partial charge in [-0.25, -0.2) is 4.79 Å². The van der Waals surface area contributed by atoms with Gasteiger partial charge in [0.1, 0.15) is 61.0 Å². The summed E-state index contributed by atoms with van der Waals surface area (Å²) >= 11 is 0. The van der Waals surface area contributed by atoms with Crippen LogP contribution in [0.25, 0.3) is 0 Å². The van der Waals surface area contributed by atoms with Crippen molar-refractivity contribution >= 4 is 65.2 Å². The molecule has 8 atom stereocenters. The number of hydrogen-bond acceptors (Lipinski definition) is 12. The highest BCUT2D eigenvalue weighted by Crippen LogP contribution is 2.37. The van der Waals surface area contributed by atoms with Crippen LogP contribution in [0, 0.1) is 24.7 Å². The second-order valence-corrected chi connectivity index (χ2v) is 25.2. The Morgan fingerprint density at radius 2 is 1.31 bits per heavy atom. The van der Waals surface area contributed by atoms with Gasteiger partial charge in [-0.2, -0.15) is 0 Å². The van der Waals surface area contributed by atoms with Gasteiger partial charge in [-0.05, 0) is 88.2 Å². The molecule has 486 valence electrons. The minimum absolute atomic E-state index is 0.00600. The Morgan fingerprint density at radius 1 is 0.693 bits per heavy atom. The van der Waals surface area contributed by atoms with Crippen molar-refractivity contribution in [2.45, 2.75) is 186 Å². The zero-order chi connectivity index (χ0) is 65.5. The highest BCUT2D eigenvalue weighted by molar-refractivity contribution is 5.99. The summed E-state index contributed by atoms with van der Waals surface area (Å²) in [7, 11) is 10.2. The van der Waals surface area contributed by atoms with E-state index < -0.39 is 132 Å². The van der Waals surface area contributed by atoms with Crippen LogP contribution in [0.15, 0.2) is 54.6 Å². The molecule has 3 N–H and O–H groups in total. The van der Waals surface area contributed by atoms with Gasteiger partial charge < -0.3 is 59.7 Å². The predicted molar refractivity (Wildman–Crippen MR) is 330 cm³/mol. The van der Waals surface area contributed by atoms with E-state index in [1.807, 2.05) is 82.3 Å². The van der Waals surface area contributed by atoms with Gasteiger partial charge in [0.15, 0.2) is 0 Å². The summed E-state index contributed by atoms with van der Waals surface area (Å²) in [6.07, 6.45) is 4.49. The van der Waals surface area contributed by atoms with Crippen LogP contribution < -0.4 is 10.6 Å². The molecular formula is C65H98N10O13. The lowest BCUT2D eigenvalue weighted by atomic mass is 9.90. The molecule has 2 aromatic rings. The van der Waals surface area contributed by atoms with Crippen molar-refractivity contribution in [2.75, 3.05) is 69.0 Å². The van der Waals surface area contributed by atoms with Gasteiger partial charge in [0.05, 0.1) is 6.42 Å². The zero-order valence-corrected chi connectivity index (χ0v) is 54.4. The van der Waals surface area contributed by atoms with Gasteiger partial charge in [0.25, 0.3) is 0 Å². The second kappa shape index (κ2) is 32.1. The Kier molecular flexibility index (Phi) is 25.9. The molecule has 0 aromatic heterocycles. The van der Waals surface area contributed by atoms with Crippen LogP contribution in [0.1, 0.15) is 135 Å². The van der Waals surface area contributed by atoms with Gasteiger partial charge in [-0.3, -0.25) is 47.9 Å². The first-order valence-electron chi connectivity index (χ1n) is 31.2. The number of rotatable bonds is 29. The Labute approximate surface area is 520 Å². The fraction of sp³-hybridized carbons (Fsp3) is 0.646. The van der Waals surface area contributed by atoms with E-state index in [-0.39, 0.29) is 50.8 Å². The summed E-state index contributed by atoms with van der Waals surface area (Å²) < 4.78 is 5.56. The Morgan fingerprint density at radius 3 is 1.84 bits per heavy atom. The molecule has 5 rings (SSSR count). The molecule has 3 aliphatic rings. The maximum atomic E-state index is 15.2. The molecule has 0 spiro atoms. The van der Waals surface area contributed by atoms with E-state index in [2.05, 4.69) is 10.6 Å². The first-order valence-corrected chi connectivity index (χ1v) is 31.2. The van der Waals surface area contributed by atoms with Crippen LogP contribution in [0.5, 0.6) is 0 Å². The normalized spacial score (nSPS) is 17.8. The molecule has 23 heteroatoms. The van der Waals surface area contributed by atoms with Crippen LogP contribution in [0.3, 0.4) is 0 Å². The Hall–Kier alpha value is -7.59. The number of carboxylic acids is 1. The van der Waals surface area contributed by atoms with Crippen LogP contribution >= 0.6 is 0 Å². The summed E-state index contributed by atoms with van der Waals surface area (Å²) in [6.45, 7) is 12.2. The van der Waals surface area contributed by atoms with Crippen molar-refractivity contribution in [3.63, 3.8) is 0 Å². The number of carbonyl (C=O) groups excluding carboxylic acids is 10. The molecule has 2 aliphatic carbocycles. The number of benzene rings is 2. The smallest absolute Gasteiger partial charge is 0.408 e. The quantitative estimate of drug-likeness (QED) is 0.0998. The number of ether oxygens (including phenoxy) is 1. The van der Waals surface area contributed by atoms with Crippen molar-refractivity contribution in [2.24, 2.45) is 17.8 Å². The molecule has 0 radical (unpaired) electrons. The number of amides is 10. The predicted octanol–water partition coefficient (Wildman–Crippen LogP) is 4.71. The number of hydrogen-bond donors (Lipinski definition) is 3. The Bertz CT molecular complexity index is 2790. The summed E-state index contributed by atoms with van der Waals surface area (Å²) in [5.74, 6) is -7.24. The molecule has 2 saturated carbocycles. The third-order valence-electron chi connectivity index (χ3n) is 18.3. The molecule has 23 nitrogen and oxygen atoms in total. The molecule has 3 fully saturated rings. The molecule has 2 aromatic carbocycles. The van der Waals surface area contributed by atoms with E-state index in [1.54, 1.807) is 20.9 Å². The standard InChI is InChI=1S/C65H98N10O13/c1-15-43(6)54(61(84)70(11)44(7)57(80)75-35-32-48(75)60(83)74(16-2)51(59(82)69(10)39-53(77)78)37-45-30-28-42(5)29-31-45)66-56(79)49(36-41(3)4)71(12)52(76)38-50(58(81)68(8)9)72(13)62(85)55(47-26-20-21-27-47)73(14)63(86)65(33-22-23-34-65)67-64(87)88-40-46-24-18-17-19-25-46/h17-19,24-25,28-31,41,43-44,47-51,54-55H,15-16,20-23,26-27,32-40H2,1-14H3,(H,66,79)(H,67,87)(H,77,78)/t43-,44-,48-,49-,50-,51-,54-,55-/m0/s1. The number of nitrogens with one attached hydrogen (secondary N) is 2. The first-order chi connectivity index (χ1) is 41.5. The third kappa shape index (κ3) is 17.6. The number of nitrogens with zero attached hydrogens (tertiary/aromatic N) is 8. The summed E-state index contributed by atoms with van der Waals surface area (Å²) in [5.41, 5.74) is 1.17. The van der Waals surface area contributed by atoms with E-state index in [4.69, 9.17) is 4.74 Å². The van der Waals surface area contributed by atoms with Crippen molar-refractivity contribution in [3.8, 4) is 0 Å². The average molecular weight is 1230 g/mol. The van der Waals surface area contributed by atoms with Crippen molar-refractivity contribution in [1.29, 1.82) is 0 Å². The highest BCUT2D eigenvalue weighted by atomic mass is 16.5.